The van der Waals surface area contributed by atoms with Gasteiger partial charge < -0.3 is 9.84 Å². The maximum Gasteiger partial charge on any atom is 0.311 e. The molecule has 1 atom stereocenters. The van der Waals surface area contributed by atoms with Gasteiger partial charge in [0.15, 0.2) is 5.82 Å². The van der Waals surface area contributed by atoms with Crippen molar-refractivity contribution in [2.24, 2.45) is 5.41 Å². The van der Waals surface area contributed by atoms with Crippen molar-refractivity contribution >= 4 is 5.97 Å². The largest absolute Gasteiger partial charge is 0.481 e. The quantitative estimate of drug-likeness (QED) is 0.773. The SMILES string of the molecule is COCc1ncc(CN2CCC[C@@](CC=C(C)C)(C(=O)O)C2)cn1. The Hall–Kier alpha value is -1.79. The molecule has 0 amide bonds. The molecule has 0 aliphatic carbocycles. The second-order valence-corrected chi connectivity index (χ2v) is 6.83. The summed E-state index contributed by atoms with van der Waals surface area (Å²) in [6, 6.07) is 0. The van der Waals surface area contributed by atoms with Gasteiger partial charge in [0.05, 0.1) is 5.41 Å². The highest BCUT2D eigenvalue weighted by Crippen LogP contribution is 2.35. The van der Waals surface area contributed by atoms with E-state index in [4.69, 9.17) is 4.74 Å². The summed E-state index contributed by atoms with van der Waals surface area (Å²) in [4.78, 5) is 22.7. The molecule has 6 heteroatoms. The number of methoxy groups -OCH3 is 1. The molecule has 0 radical (unpaired) electrons. The zero-order valence-corrected chi connectivity index (χ0v) is 14.8. The number of carbonyl (C=O) groups is 1. The van der Waals surface area contributed by atoms with Crippen LogP contribution in [0.3, 0.4) is 0 Å². The summed E-state index contributed by atoms with van der Waals surface area (Å²) in [6.07, 6.45) is 7.85. The first kappa shape index (κ1) is 18.5. The van der Waals surface area contributed by atoms with Crippen LogP contribution in [0, 0.1) is 5.41 Å². The highest BCUT2D eigenvalue weighted by Gasteiger charge is 2.41. The van der Waals surface area contributed by atoms with E-state index in [1.165, 1.54) is 0 Å². The normalized spacial score (nSPS) is 21.5. The summed E-state index contributed by atoms with van der Waals surface area (Å²) in [7, 11) is 1.61. The Labute approximate surface area is 143 Å². The summed E-state index contributed by atoms with van der Waals surface area (Å²) in [6.45, 7) is 6.56. The number of rotatable bonds is 7. The number of hydrogen-bond acceptors (Lipinski definition) is 5. The van der Waals surface area contributed by atoms with E-state index in [1.54, 1.807) is 19.5 Å². The molecule has 1 aromatic heterocycles. The highest BCUT2D eigenvalue weighted by molar-refractivity contribution is 5.75. The number of aliphatic carboxylic acids is 1. The molecule has 0 spiro atoms. The van der Waals surface area contributed by atoms with Crippen LogP contribution in [-0.2, 0) is 22.7 Å². The zero-order chi connectivity index (χ0) is 17.6. The van der Waals surface area contributed by atoms with Gasteiger partial charge in [-0.3, -0.25) is 9.69 Å². The number of hydrogen-bond donors (Lipinski definition) is 1. The molecule has 0 bridgehead atoms. The number of aromatic nitrogens is 2. The lowest BCUT2D eigenvalue weighted by molar-refractivity contribution is -0.152. The second kappa shape index (κ2) is 8.35. The van der Waals surface area contributed by atoms with Crippen molar-refractivity contribution in [3.8, 4) is 0 Å². The third-order valence-corrected chi connectivity index (χ3v) is 4.45. The Morgan fingerprint density at radius 3 is 2.71 bits per heavy atom. The minimum absolute atomic E-state index is 0.398. The maximum atomic E-state index is 11.9. The summed E-state index contributed by atoms with van der Waals surface area (Å²) in [5, 5.41) is 9.79. The first-order valence-corrected chi connectivity index (χ1v) is 8.33. The van der Waals surface area contributed by atoms with Crippen molar-refractivity contribution in [2.75, 3.05) is 20.2 Å². The topological polar surface area (TPSA) is 75.5 Å². The van der Waals surface area contributed by atoms with Gasteiger partial charge in [-0.2, -0.15) is 0 Å². The van der Waals surface area contributed by atoms with Crippen LogP contribution in [0.5, 0.6) is 0 Å². The monoisotopic (exact) mass is 333 g/mol. The molecule has 0 saturated carbocycles. The third kappa shape index (κ3) is 4.85. The Kier molecular flexibility index (Phi) is 6.45. The summed E-state index contributed by atoms with van der Waals surface area (Å²) >= 11 is 0. The van der Waals surface area contributed by atoms with Crippen molar-refractivity contribution in [2.45, 2.75) is 46.3 Å². The lowest BCUT2D eigenvalue weighted by atomic mass is 9.76. The van der Waals surface area contributed by atoms with Crippen LogP contribution in [-0.4, -0.2) is 46.1 Å². The van der Waals surface area contributed by atoms with Gasteiger partial charge in [-0.05, 0) is 39.7 Å². The van der Waals surface area contributed by atoms with Crippen LogP contribution < -0.4 is 0 Å². The minimum atomic E-state index is -0.698. The number of carboxylic acids is 1. The van der Waals surface area contributed by atoms with E-state index in [0.717, 1.165) is 30.5 Å². The first-order chi connectivity index (χ1) is 11.4. The number of piperidine rings is 1. The Morgan fingerprint density at radius 2 is 2.12 bits per heavy atom. The molecule has 24 heavy (non-hydrogen) atoms. The van der Waals surface area contributed by atoms with Crippen LogP contribution in [0.15, 0.2) is 24.0 Å². The zero-order valence-electron chi connectivity index (χ0n) is 14.8. The molecule has 0 unspecified atom stereocenters. The van der Waals surface area contributed by atoms with Crippen molar-refractivity contribution < 1.29 is 14.6 Å². The molecule has 0 aromatic carbocycles. The predicted octanol–water partition coefficient (Wildman–Crippen LogP) is 2.65. The van der Waals surface area contributed by atoms with Gasteiger partial charge in [0.1, 0.15) is 6.61 Å². The van der Waals surface area contributed by atoms with Gasteiger partial charge in [-0.1, -0.05) is 11.6 Å². The third-order valence-electron chi connectivity index (χ3n) is 4.45. The van der Waals surface area contributed by atoms with E-state index in [1.807, 2.05) is 19.9 Å². The van der Waals surface area contributed by atoms with Crippen molar-refractivity contribution in [1.82, 2.24) is 14.9 Å². The second-order valence-electron chi connectivity index (χ2n) is 6.83. The summed E-state index contributed by atoms with van der Waals surface area (Å²) in [5.41, 5.74) is 1.47. The molecule has 2 heterocycles. The van der Waals surface area contributed by atoms with Crippen LogP contribution in [0.2, 0.25) is 0 Å². The minimum Gasteiger partial charge on any atom is -0.481 e. The molecule has 1 aliphatic rings. The lowest BCUT2D eigenvalue weighted by Crippen LogP contribution is -2.47. The number of ether oxygens (including phenoxy) is 1. The smallest absolute Gasteiger partial charge is 0.311 e. The first-order valence-electron chi connectivity index (χ1n) is 8.33. The Bertz CT molecular complexity index is 582. The average Bonchev–Trinajstić information content (AvgIpc) is 2.55. The standard InChI is InChI=1S/C18H27N3O3/c1-14(2)5-7-18(17(22)23)6-4-8-21(13-18)11-15-9-19-16(12-24-3)20-10-15/h5,9-10H,4,6-8,11-13H2,1-3H3,(H,22,23)/t18-/m0/s1. The number of carboxylic acid groups (broad SMARTS) is 1. The van der Waals surface area contributed by atoms with Crippen molar-refractivity contribution in [3.63, 3.8) is 0 Å². The molecule has 1 aliphatic heterocycles. The van der Waals surface area contributed by atoms with Gasteiger partial charge in [-0.15, -0.1) is 0 Å². The fraction of sp³-hybridized carbons (Fsp3) is 0.611. The summed E-state index contributed by atoms with van der Waals surface area (Å²) in [5.74, 6) is -0.0419. The van der Waals surface area contributed by atoms with Crippen LogP contribution in [0.4, 0.5) is 0 Å². The van der Waals surface area contributed by atoms with Gasteiger partial charge in [0.25, 0.3) is 0 Å². The van der Waals surface area contributed by atoms with E-state index in [9.17, 15) is 9.90 Å². The van der Waals surface area contributed by atoms with Gasteiger partial charge in [-0.25, -0.2) is 9.97 Å². The highest BCUT2D eigenvalue weighted by atomic mass is 16.5. The number of nitrogens with zero attached hydrogens (tertiary/aromatic N) is 3. The lowest BCUT2D eigenvalue weighted by Gasteiger charge is -2.39. The molecule has 1 aromatic rings. The number of allylic oxidation sites excluding steroid dienone is 2. The van der Waals surface area contributed by atoms with Gasteiger partial charge in [0, 0.05) is 38.2 Å². The van der Waals surface area contributed by atoms with E-state index in [2.05, 4.69) is 14.9 Å². The van der Waals surface area contributed by atoms with E-state index < -0.39 is 11.4 Å². The summed E-state index contributed by atoms with van der Waals surface area (Å²) < 4.78 is 5.01. The van der Waals surface area contributed by atoms with Crippen LogP contribution >= 0.6 is 0 Å². The van der Waals surface area contributed by atoms with Gasteiger partial charge >= 0.3 is 5.97 Å². The molecule has 1 N–H and O–H groups in total. The Balaban J connectivity index is 2.05. The molecule has 1 fully saturated rings. The molecule has 2 rings (SSSR count). The molecule has 6 nitrogen and oxygen atoms in total. The fourth-order valence-electron chi connectivity index (χ4n) is 3.12. The molecule has 1 saturated heterocycles. The van der Waals surface area contributed by atoms with E-state index in [0.29, 0.717) is 31.9 Å². The molecular formula is C18H27N3O3. The predicted molar refractivity (Wildman–Crippen MR) is 91.4 cm³/mol. The van der Waals surface area contributed by atoms with E-state index >= 15 is 0 Å². The fourth-order valence-corrected chi connectivity index (χ4v) is 3.12. The van der Waals surface area contributed by atoms with Crippen LogP contribution in [0.1, 0.15) is 44.5 Å². The number of likely N-dealkylation sites (tertiary alicyclic amines) is 1. The molecule has 132 valence electrons. The maximum absolute atomic E-state index is 11.9. The average molecular weight is 333 g/mol. The van der Waals surface area contributed by atoms with E-state index in [-0.39, 0.29) is 0 Å². The van der Waals surface area contributed by atoms with Crippen molar-refractivity contribution in [3.05, 3.63) is 35.4 Å². The Morgan fingerprint density at radius 1 is 1.42 bits per heavy atom. The van der Waals surface area contributed by atoms with Crippen molar-refractivity contribution in [1.29, 1.82) is 0 Å². The van der Waals surface area contributed by atoms with Crippen LogP contribution in [0.25, 0.3) is 0 Å². The van der Waals surface area contributed by atoms with Gasteiger partial charge in [0.2, 0.25) is 0 Å². The molecular weight excluding hydrogens is 306 g/mol.